The average Bonchev–Trinajstić information content (AvgIpc) is 2.94. The Morgan fingerprint density at radius 3 is 2.54 bits per heavy atom. The fourth-order valence-electron chi connectivity index (χ4n) is 5.21. The summed E-state index contributed by atoms with van der Waals surface area (Å²) < 4.78 is 13.1. The van der Waals surface area contributed by atoms with Crippen molar-refractivity contribution in [1.82, 2.24) is 19.7 Å². The number of aromatic nitrogens is 3. The third-order valence-electron chi connectivity index (χ3n) is 7.28. The van der Waals surface area contributed by atoms with Crippen LogP contribution in [0.25, 0.3) is 11.3 Å². The highest BCUT2D eigenvalue weighted by atomic mass is 16.5. The number of hydrogen-bond donors (Lipinski definition) is 1. The molecule has 2 N–H and O–H groups in total. The summed E-state index contributed by atoms with van der Waals surface area (Å²) >= 11 is 0. The number of ether oxygens (including phenoxy) is 2. The van der Waals surface area contributed by atoms with Gasteiger partial charge in [-0.1, -0.05) is 0 Å². The standard InChI is InChI=1S/C21H27N5O2/c1-27-19-5-12(7-23-21(19)22)17-6-18(26(24-17)13-3-2-4-13)20-15-8-25(9-16(15)20)14-10-28-11-14/h5-7,13-16,20H,2-4,8-11H2,1H3,(H2,22,23). The number of rotatable bonds is 5. The van der Waals surface area contributed by atoms with Crippen molar-refractivity contribution in [1.29, 1.82) is 0 Å². The number of nitrogens with zero attached hydrogens (tertiary/aromatic N) is 4. The molecule has 4 heterocycles. The highest BCUT2D eigenvalue weighted by Gasteiger charge is 2.59. The van der Waals surface area contributed by atoms with Gasteiger partial charge in [-0.05, 0) is 43.2 Å². The maximum atomic E-state index is 5.89. The fraction of sp³-hybridized carbons (Fsp3) is 0.619. The molecule has 2 aromatic heterocycles. The molecule has 2 atom stereocenters. The van der Waals surface area contributed by atoms with Crippen LogP contribution in [0.5, 0.6) is 5.75 Å². The van der Waals surface area contributed by atoms with Crippen LogP contribution in [0, 0.1) is 11.8 Å². The third kappa shape index (κ3) is 2.49. The van der Waals surface area contributed by atoms with Crippen molar-refractivity contribution in [2.24, 2.45) is 11.8 Å². The first-order valence-corrected chi connectivity index (χ1v) is 10.4. The second kappa shape index (κ2) is 6.19. The topological polar surface area (TPSA) is 78.4 Å². The number of fused-ring (bicyclic) bond motifs is 1. The lowest BCUT2D eigenvalue weighted by Gasteiger charge is -2.36. The monoisotopic (exact) mass is 381 g/mol. The van der Waals surface area contributed by atoms with Gasteiger partial charge in [-0.3, -0.25) is 9.58 Å². The Balaban J connectivity index is 1.29. The van der Waals surface area contributed by atoms with Crippen molar-refractivity contribution in [3.8, 4) is 17.0 Å². The zero-order chi connectivity index (χ0) is 18.8. The summed E-state index contributed by atoms with van der Waals surface area (Å²) in [4.78, 5) is 6.93. The molecule has 0 aromatic carbocycles. The van der Waals surface area contributed by atoms with E-state index < -0.39 is 0 Å². The maximum absolute atomic E-state index is 5.89. The molecular weight excluding hydrogens is 354 g/mol. The highest BCUT2D eigenvalue weighted by Crippen LogP contribution is 2.59. The number of pyridine rings is 1. The number of nitrogen functional groups attached to an aromatic ring is 1. The molecule has 0 radical (unpaired) electrons. The zero-order valence-corrected chi connectivity index (χ0v) is 16.3. The fourth-order valence-corrected chi connectivity index (χ4v) is 5.21. The van der Waals surface area contributed by atoms with E-state index in [2.05, 4.69) is 20.6 Å². The lowest BCUT2D eigenvalue weighted by Crippen LogP contribution is -2.48. The molecule has 0 spiro atoms. The first kappa shape index (κ1) is 16.8. The Labute approximate surface area is 164 Å². The van der Waals surface area contributed by atoms with Crippen molar-refractivity contribution in [3.63, 3.8) is 0 Å². The van der Waals surface area contributed by atoms with Crippen LogP contribution < -0.4 is 10.5 Å². The lowest BCUT2D eigenvalue weighted by atomic mass is 9.93. The van der Waals surface area contributed by atoms with E-state index in [4.69, 9.17) is 20.3 Å². The molecule has 4 aliphatic rings. The Morgan fingerprint density at radius 2 is 1.93 bits per heavy atom. The predicted molar refractivity (Wildman–Crippen MR) is 105 cm³/mol. The molecule has 4 fully saturated rings. The van der Waals surface area contributed by atoms with Gasteiger partial charge < -0.3 is 15.2 Å². The molecule has 28 heavy (non-hydrogen) atoms. The number of methoxy groups -OCH3 is 1. The normalized spacial score (nSPS) is 30.0. The summed E-state index contributed by atoms with van der Waals surface area (Å²) in [6.45, 7) is 4.26. The number of nitrogens with two attached hydrogens (primary N) is 1. The smallest absolute Gasteiger partial charge is 0.166 e. The average molecular weight is 381 g/mol. The Morgan fingerprint density at radius 1 is 1.14 bits per heavy atom. The molecule has 7 nitrogen and oxygen atoms in total. The second-order valence-corrected chi connectivity index (χ2v) is 8.79. The van der Waals surface area contributed by atoms with Crippen molar-refractivity contribution >= 4 is 5.82 Å². The Hall–Kier alpha value is -2.12. The highest BCUT2D eigenvalue weighted by molar-refractivity contribution is 5.64. The van der Waals surface area contributed by atoms with Crippen LogP contribution in [-0.2, 0) is 4.74 Å². The van der Waals surface area contributed by atoms with Gasteiger partial charge in [0.25, 0.3) is 0 Å². The summed E-state index contributed by atoms with van der Waals surface area (Å²) in [5.41, 5.74) is 9.28. The minimum Gasteiger partial charge on any atom is -0.493 e. The maximum Gasteiger partial charge on any atom is 0.166 e. The summed E-state index contributed by atoms with van der Waals surface area (Å²) in [6, 6.07) is 5.47. The minimum atomic E-state index is 0.418. The lowest BCUT2D eigenvalue weighted by molar-refractivity contribution is -0.0610. The van der Waals surface area contributed by atoms with Crippen LogP contribution in [0.2, 0.25) is 0 Å². The van der Waals surface area contributed by atoms with Gasteiger partial charge in [0.15, 0.2) is 11.6 Å². The Kier molecular flexibility index (Phi) is 3.71. The van der Waals surface area contributed by atoms with Gasteiger partial charge in [0.1, 0.15) is 0 Å². The summed E-state index contributed by atoms with van der Waals surface area (Å²) in [7, 11) is 1.62. The van der Waals surface area contributed by atoms with Crippen molar-refractivity contribution in [2.75, 3.05) is 39.1 Å². The zero-order valence-electron chi connectivity index (χ0n) is 16.3. The molecule has 2 saturated heterocycles. The van der Waals surface area contributed by atoms with Gasteiger partial charge in [-0.15, -0.1) is 0 Å². The molecule has 148 valence electrons. The van der Waals surface area contributed by atoms with Crippen LogP contribution >= 0.6 is 0 Å². The van der Waals surface area contributed by atoms with Gasteiger partial charge >= 0.3 is 0 Å². The van der Waals surface area contributed by atoms with Gasteiger partial charge in [0.05, 0.1) is 38.1 Å². The summed E-state index contributed by atoms with van der Waals surface area (Å²) in [5.74, 6) is 3.24. The molecule has 6 rings (SSSR count). The van der Waals surface area contributed by atoms with Gasteiger partial charge in [-0.2, -0.15) is 5.10 Å². The van der Waals surface area contributed by atoms with E-state index in [1.54, 1.807) is 13.3 Å². The van der Waals surface area contributed by atoms with Gasteiger partial charge in [0.2, 0.25) is 0 Å². The molecule has 2 aromatic rings. The first-order chi connectivity index (χ1) is 13.7. The van der Waals surface area contributed by atoms with Crippen LogP contribution in [-0.4, -0.2) is 59.1 Å². The largest absolute Gasteiger partial charge is 0.493 e. The number of hydrogen-bond acceptors (Lipinski definition) is 6. The number of likely N-dealkylation sites (tertiary alicyclic amines) is 1. The van der Waals surface area contributed by atoms with Crippen molar-refractivity contribution in [3.05, 3.63) is 24.0 Å². The molecule has 0 amide bonds. The molecule has 2 aliphatic heterocycles. The second-order valence-electron chi connectivity index (χ2n) is 8.79. The van der Waals surface area contributed by atoms with Crippen LogP contribution in [0.3, 0.4) is 0 Å². The molecule has 7 heteroatoms. The van der Waals surface area contributed by atoms with Crippen LogP contribution in [0.15, 0.2) is 18.3 Å². The molecule has 2 unspecified atom stereocenters. The van der Waals surface area contributed by atoms with E-state index >= 15 is 0 Å². The van der Waals surface area contributed by atoms with E-state index in [1.165, 1.54) is 38.0 Å². The van der Waals surface area contributed by atoms with E-state index in [9.17, 15) is 0 Å². The number of piperidine rings is 1. The number of anilines is 1. The first-order valence-electron chi connectivity index (χ1n) is 10.4. The van der Waals surface area contributed by atoms with Crippen molar-refractivity contribution < 1.29 is 9.47 Å². The molecular formula is C21H27N5O2. The summed E-state index contributed by atoms with van der Waals surface area (Å²) in [6.07, 6.45) is 5.60. The third-order valence-corrected chi connectivity index (χ3v) is 7.28. The van der Waals surface area contributed by atoms with E-state index in [0.717, 1.165) is 36.3 Å². The van der Waals surface area contributed by atoms with Crippen molar-refractivity contribution in [2.45, 2.75) is 37.3 Å². The summed E-state index contributed by atoms with van der Waals surface area (Å²) in [5, 5.41) is 5.02. The quantitative estimate of drug-likeness (QED) is 0.856. The van der Waals surface area contributed by atoms with Crippen LogP contribution in [0.1, 0.15) is 36.9 Å². The van der Waals surface area contributed by atoms with E-state index in [-0.39, 0.29) is 0 Å². The molecule has 2 aliphatic carbocycles. The molecule has 0 bridgehead atoms. The van der Waals surface area contributed by atoms with E-state index in [1.807, 2.05) is 6.07 Å². The minimum absolute atomic E-state index is 0.418. The van der Waals surface area contributed by atoms with Gasteiger partial charge in [0, 0.05) is 36.5 Å². The van der Waals surface area contributed by atoms with Gasteiger partial charge in [-0.25, -0.2) is 4.98 Å². The predicted octanol–water partition coefficient (Wildman–Crippen LogP) is 2.30. The van der Waals surface area contributed by atoms with Crippen LogP contribution in [0.4, 0.5) is 5.82 Å². The van der Waals surface area contributed by atoms with E-state index in [0.29, 0.717) is 29.6 Å². The molecule has 2 saturated carbocycles. The SMILES string of the molecule is COc1cc(-c2cc(C3C4CN(C5COC5)CC43)n(C3CCC3)n2)cnc1N. The Bertz CT molecular complexity index is 892.